The van der Waals surface area contributed by atoms with Gasteiger partial charge in [0.15, 0.2) is 0 Å². The minimum atomic E-state index is -1.64. The van der Waals surface area contributed by atoms with Gasteiger partial charge in [0.2, 0.25) is 0 Å². The van der Waals surface area contributed by atoms with Gasteiger partial charge in [0.05, 0.1) is 0 Å². The lowest BCUT2D eigenvalue weighted by Gasteiger charge is -2.25. The molecule has 0 saturated carbocycles. The fourth-order valence-electron chi connectivity index (χ4n) is 3.22. The Bertz CT molecular complexity index is 848. The molecule has 3 rings (SSSR count). The summed E-state index contributed by atoms with van der Waals surface area (Å²) in [5.41, 5.74) is 5.06. The van der Waals surface area contributed by atoms with Gasteiger partial charge in [-0.25, -0.2) is 0 Å². The molecule has 0 aliphatic heterocycles. The van der Waals surface area contributed by atoms with Crippen LogP contribution in [-0.2, 0) is 0 Å². The van der Waals surface area contributed by atoms with E-state index in [1.165, 1.54) is 32.9 Å². The molecule has 0 bridgehead atoms. The van der Waals surface area contributed by atoms with Crippen LogP contribution in [0.4, 0.5) is 11.4 Å². The fourth-order valence-corrected chi connectivity index (χ4v) is 5.56. The van der Waals surface area contributed by atoms with Crippen molar-refractivity contribution in [1.29, 1.82) is 0 Å². The van der Waals surface area contributed by atoms with Crippen LogP contribution in [0.25, 0.3) is 0 Å². The maximum atomic E-state index is 2.43. The Hall–Kier alpha value is -2.32. The Morgan fingerprint density at radius 2 is 1.20 bits per heavy atom. The summed E-state index contributed by atoms with van der Waals surface area (Å²) in [6, 6.07) is 26.8. The van der Waals surface area contributed by atoms with E-state index in [1.54, 1.807) is 0 Å². The van der Waals surface area contributed by atoms with Gasteiger partial charge in [0.25, 0.3) is 0 Å². The van der Waals surface area contributed by atoms with Crippen LogP contribution in [0.15, 0.2) is 72.8 Å². The van der Waals surface area contributed by atoms with E-state index >= 15 is 0 Å². The molecule has 0 aliphatic carbocycles. The maximum absolute atomic E-state index is 2.43. The molecule has 2 heteroatoms. The fraction of sp³-hybridized carbons (Fsp3) is 0.217. The van der Waals surface area contributed by atoms with E-state index < -0.39 is 8.07 Å². The van der Waals surface area contributed by atoms with Crippen molar-refractivity contribution < 1.29 is 0 Å². The lowest BCUT2D eigenvalue weighted by molar-refractivity contribution is 1.20. The summed E-state index contributed by atoms with van der Waals surface area (Å²) in [5, 5.41) is 2.95. The predicted octanol–water partition coefficient (Wildman–Crippen LogP) is 4.89. The van der Waals surface area contributed by atoms with Gasteiger partial charge >= 0.3 is 0 Å². The second-order valence-electron chi connectivity index (χ2n) is 7.44. The summed E-state index contributed by atoms with van der Waals surface area (Å²) >= 11 is 0. The third-order valence-corrected chi connectivity index (χ3v) is 8.69. The molecule has 0 amide bonds. The van der Waals surface area contributed by atoms with Crippen LogP contribution in [-0.4, -0.2) is 15.1 Å². The largest absolute Gasteiger partial charge is 0.345 e. The minimum absolute atomic E-state index is 1.22. The molecule has 0 spiro atoms. The van der Waals surface area contributed by atoms with Crippen LogP contribution in [0.3, 0.4) is 0 Å². The first-order valence-electron chi connectivity index (χ1n) is 8.86. The van der Waals surface area contributed by atoms with Gasteiger partial charge in [0.1, 0.15) is 8.07 Å². The highest BCUT2D eigenvalue weighted by molar-refractivity contribution is 7.00. The lowest BCUT2D eigenvalue weighted by atomic mass is 10.2. The van der Waals surface area contributed by atoms with E-state index in [1.807, 2.05) is 0 Å². The number of aryl methyl sites for hydroxylation is 2. The number of hydrogen-bond donors (Lipinski definition) is 0. The van der Waals surface area contributed by atoms with Crippen molar-refractivity contribution in [2.24, 2.45) is 0 Å². The molecule has 1 nitrogen and oxygen atoms in total. The van der Waals surface area contributed by atoms with Crippen LogP contribution >= 0.6 is 0 Å². The molecule has 0 unspecified atom stereocenters. The highest BCUT2D eigenvalue weighted by atomic mass is 28.3. The SMILES string of the molecule is Cc1ccc([Si](C)(C)c2ccc(N(C)c3cccc(C)c3)cc2)cc1. The molecule has 0 aromatic heterocycles. The zero-order chi connectivity index (χ0) is 18.0. The highest BCUT2D eigenvalue weighted by Gasteiger charge is 2.25. The first kappa shape index (κ1) is 17.5. The molecule has 0 saturated heterocycles. The number of rotatable bonds is 4. The Morgan fingerprint density at radius 1 is 0.640 bits per heavy atom. The van der Waals surface area contributed by atoms with Crippen molar-refractivity contribution in [1.82, 2.24) is 0 Å². The van der Waals surface area contributed by atoms with E-state index in [4.69, 9.17) is 0 Å². The second kappa shape index (κ2) is 6.89. The predicted molar refractivity (Wildman–Crippen MR) is 114 cm³/mol. The lowest BCUT2D eigenvalue weighted by Crippen LogP contribution is -2.52. The van der Waals surface area contributed by atoms with Crippen LogP contribution in [0.5, 0.6) is 0 Å². The summed E-state index contributed by atoms with van der Waals surface area (Å²) in [5.74, 6) is 0. The first-order valence-corrected chi connectivity index (χ1v) is 11.9. The Morgan fingerprint density at radius 3 is 1.76 bits per heavy atom. The minimum Gasteiger partial charge on any atom is -0.345 e. The molecule has 0 radical (unpaired) electrons. The van der Waals surface area contributed by atoms with E-state index in [-0.39, 0.29) is 0 Å². The zero-order valence-corrected chi connectivity index (χ0v) is 16.9. The third-order valence-electron chi connectivity index (χ3n) is 5.14. The van der Waals surface area contributed by atoms with E-state index in [2.05, 4.69) is 112 Å². The van der Waals surface area contributed by atoms with Crippen molar-refractivity contribution in [2.75, 3.05) is 11.9 Å². The van der Waals surface area contributed by atoms with Gasteiger partial charge in [-0.2, -0.15) is 0 Å². The monoisotopic (exact) mass is 345 g/mol. The van der Waals surface area contributed by atoms with Gasteiger partial charge in [0, 0.05) is 18.4 Å². The summed E-state index contributed by atoms with van der Waals surface area (Å²) in [7, 11) is 0.488. The Balaban J connectivity index is 1.87. The van der Waals surface area contributed by atoms with Gasteiger partial charge in [-0.3, -0.25) is 0 Å². The van der Waals surface area contributed by atoms with Crippen molar-refractivity contribution >= 4 is 29.8 Å². The van der Waals surface area contributed by atoms with Crippen LogP contribution < -0.4 is 15.3 Å². The zero-order valence-electron chi connectivity index (χ0n) is 15.9. The van der Waals surface area contributed by atoms with Crippen molar-refractivity contribution in [3.63, 3.8) is 0 Å². The third kappa shape index (κ3) is 3.69. The van der Waals surface area contributed by atoms with Crippen molar-refractivity contribution in [3.05, 3.63) is 83.9 Å². The molecule has 3 aromatic carbocycles. The van der Waals surface area contributed by atoms with Crippen LogP contribution in [0.2, 0.25) is 13.1 Å². The summed E-state index contributed by atoms with van der Waals surface area (Å²) in [6.45, 7) is 9.14. The molecule has 0 heterocycles. The number of benzene rings is 3. The Labute approximate surface area is 153 Å². The number of anilines is 2. The molecular weight excluding hydrogens is 318 g/mol. The van der Waals surface area contributed by atoms with Crippen LogP contribution in [0, 0.1) is 13.8 Å². The molecule has 0 atom stereocenters. The standard InChI is InChI=1S/C23H27NSi/c1-18-9-13-22(14-10-18)25(4,5)23-15-11-20(12-16-23)24(3)21-8-6-7-19(2)17-21/h6-17H,1-5H3. The van der Waals surface area contributed by atoms with Gasteiger partial charge in [-0.05, 0) is 43.7 Å². The summed E-state index contributed by atoms with van der Waals surface area (Å²) in [4.78, 5) is 2.25. The quantitative estimate of drug-likeness (QED) is 0.608. The van der Waals surface area contributed by atoms with E-state index in [0.29, 0.717) is 0 Å². The molecule has 25 heavy (non-hydrogen) atoms. The average Bonchev–Trinajstić information content (AvgIpc) is 2.61. The summed E-state index contributed by atoms with van der Waals surface area (Å²) < 4.78 is 0. The average molecular weight is 346 g/mol. The van der Waals surface area contributed by atoms with Crippen molar-refractivity contribution in [2.45, 2.75) is 26.9 Å². The first-order chi connectivity index (χ1) is 11.9. The highest BCUT2D eigenvalue weighted by Crippen LogP contribution is 2.23. The van der Waals surface area contributed by atoms with E-state index in [9.17, 15) is 0 Å². The smallest absolute Gasteiger partial charge is 0.112 e. The molecular formula is C23H27NSi. The molecule has 0 aliphatic rings. The normalized spacial score (nSPS) is 11.4. The second-order valence-corrected chi connectivity index (χ2v) is 11.8. The van der Waals surface area contributed by atoms with Gasteiger partial charge < -0.3 is 4.90 Å². The molecule has 0 N–H and O–H groups in total. The van der Waals surface area contributed by atoms with E-state index in [0.717, 1.165) is 0 Å². The molecule has 0 fully saturated rings. The van der Waals surface area contributed by atoms with Crippen molar-refractivity contribution in [3.8, 4) is 0 Å². The summed E-state index contributed by atoms with van der Waals surface area (Å²) in [6.07, 6.45) is 0. The maximum Gasteiger partial charge on any atom is 0.112 e. The number of nitrogens with zero attached hydrogens (tertiary/aromatic N) is 1. The molecule has 128 valence electrons. The number of hydrogen-bond acceptors (Lipinski definition) is 1. The van der Waals surface area contributed by atoms with Gasteiger partial charge in [-0.15, -0.1) is 0 Å². The van der Waals surface area contributed by atoms with Gasteiger partial charge in [-0.1, -0.05) is 77.6 Å². The molecule has 3 aromatic rings. The van der Waals surface area contributed by atoms with Crippen LogP contribution in [0.1, 0.15) is 11.1 Å². The Kier molecular flexibility index (Phi) is 4.82. The topological polar surface area (TPSA) is 3.24 Å².